The zero-order valence-electron chi connectivity index (χ0n) is 12.5. The average Bonchev–Trinajstić information content (AvgIpc) is 2.62. The summed E-state index contributed by atoms with van der Waals surface area (Å²) in [4.78, 5) is 17.5. The van der Waals surface area contributed by atoms with Crippen molar-refractivity contribution in [1.29, 1.82) is 0 Å². The third kappa shape index (κ3) is 4.20. The van der Waals surface area contributed by atoms with Gasteiger partial charge in [0.2, 0.25) is 0 Å². The molecule has 4 heteroatoms. The van der Waals surface area contributed by atoms with Crippen LogP contribution in [0.3, 0.4) is 0 Å². The Labute approximate surface area is 139 Å². The van der Waals surface area contributed by atoms with E-state index in [1.54, 1.807) is 36.2 Å². The zero-order chi connectivity index (χ0) is 15.9. The van der Waals surface area contributed by atoms with E-state index < -0.39 is 0 Å². The lowest BCUT2D eigenvalue weighted by molar-refractivity contribution is 0.102. The SMILES string of the molecule is O=C(Nc1ccccc1CSc1ccccc1)c1ccccn1. The van der Waals surface area contributed by atoms with Gasteiger partial charge in [0.1, 0.15) is 5.69 Å². The fourth-order valence-electron chi connectivity index (χ4n) is 2.13. The number of aromatic nitrogens is 1. The van der Waals surface area contributed by atoms with Gasteiger partial charge in [0, 0.05) is 22.5 Å². The predicted molar refractivity (Wildman–Crippen MR) is 94.6 cm³/mol. The number of rotatable bonds is 5. The lowest BCUT2D eigenvalue weighted by Gasteiger charge is -2.10. The first-order valence-electron chi connectivity index (χ1n) is 7.31. The van der Waals surface area contributed by atoms with E-state index in [0.29, 0.717) is 5.69 Å². The highest BCUT2D eigenvalue weighted by atomic mass is 32.2. The van der Waals surface area contributed by atoms with Crippen LogP contribution in [-0.4, -0.2) is 10.9 Å². The topological polar surface area (TPSA) is 42.0 Å². The maximum absolute atomic E-state index is 12.3. The first-order valence-corrected chi connectivity index (χ1v) is 8.29. The number of nitrogens with zero attached hydrogens (tertiary/aromatic N) is 1. The molecule has 3 rings (SSSR count). The lowest BCUT2D eigenvalue weighted by atomic mass is 10.2. The molecule has 0 saturated carbocycles. The Kier molecular flexibility index (Phi) is 5.06. The van der Waals surface area contributed by atoms with Crippen molar-refractivity contribution in [2.45, 2.75) is 10.6 Å². The minimum Gasteiger partial charge on any atom is -0.320 e. The zero-order valence-corrected chi connectivity index (χ0v) is 13.3. The second-order valence-corrected chi connectivity index (χ2v) is 5.98. The number of carbonyl (C=O) groups excluding carboxylic acids is 1. The standard InChI is InChI=1S/C19H16N2OS/c22-19(18-12-6-7-13-20-18)21-17-11-5-4-8-15(17)14-23-16-9-2-1-3-10-16/h1-13H,14H2,(H,21,22). The minimum absolute atomic E-state index is 0.192. The third-order valence-electron chi connectivity index (χ3n) is 3.30. The van der Waals surface area contributed by atoms with Gasteiger partial charge in [0.15, 0.2) is 0 Å². The van der Waals surface area contributed by atoms with Crippen LogP contribution in [0.1, 0.15) is 16.1 Å². The summed E-state index contributed by atoms with van der Waals surface area (Å²) in [6, 6.07) is 23.4. The molecular weight excluding hydrogens is 304 g/mol. The summed E-state index contributed by atoms with van der Waals surface area (Å²) in [7, 11) is 0. The molecule has 0 aliphatic carbocycles. The van der Waals surface area contributed by atoms with Crippen LogP contribution in [0.4, 0.5) is 5.69 Å². The molecule has 0 atom stereocenters. The van der Waals surface area contributed by atoms with E-state index >= 15 is 0 Å². The maximum Gasteiger partial charge on any atom is 0.274 e. The molecule has 1 amide bonds. The number of hydrogen-bond donors (Lipinski definition) is 1. The summed E-state index contributed by atoms with van der Waals surface area (Å²) in [6.07, 6.45) is 1.62. The van der Waals surface area contributed by atoms with Gasteiger partial charge < -0.3 is 5.32 Å². The molecular formula is C19H16N2OS. The maximum atomic E-state index is 12.3. The van der Waals surface area contributed by atoms with Gasteiger partial charge in [-0.05, 0) is 35.9 Å². The van der Waals surface area contributed by atoms with Gasteiger partial charge in [-0.25, -0.2) is 0 Å². The van der Waals surface area contributed by atoms with Crippen molar-refractivity contribution >= 4 is 23.4 Å². The van der Waals surface area contributed by atoms with Crippen LogP contribution in [0.25, 0.3) is 0 Å². The summed E-state index contributed by atoms with van der Waals surface area (Å²) < 4.78 is 0. The number of amides is 1. The van der Waals surface area contributed by atoms with Crippen molar-refractivity contribution < 1.29 is 4.79 Å². The monoisotopic (exact) mass is 320 g/mol. The Morgan fingerprint density at radius 3 is 2.43 bits per heavy atom. The molecule has 3 aromatic rings. The van der Waals surface area contributed by atoms with Gasteiger partial charge in [-0.15, -0.1) is 11.8 Å². The van der Waals surface area contributed by atoms with Gasteiger partial charge in [-0.3, -0.25) is 9.78 Å². The molecule has 0 spiro atoms. The molecule has 23 heavy (non-hydrogen) atoms. The number of para-hydroxylation sites is 1. The van der Waals surface area contributed by atoms with Gasteiger partial charge in [0.25, 0.3) is 5.91 Å². The number of hydrogen-bond acceptors (Lipinski definition) is 3. The number of nitrogens with one attached hydrogen (secondary N) is 1. The van der Waals surface area contributed by atoms with Crippen molar-refractivity contribution in [1.82, 2.24) is 4.98 Å². The molecule has 1 aromatic heterocycles. The molecule has 0 aliphatic heterocycles. The molecule has 0 radical (unpaired) electrons. The molecule has 114 valence electrons. The number of anilines is 1. The van der Waals surface area contributed by atoms with Crippen molar-refractivity contribution in [2.24, 2.45) is 0 Å². The van der Waals surface area contributed by atoms with E-state index in [1.807, 2.05) is 42.5 Å². The van der Waals surface area contributed by atoms with Crippen molar-refractivity contribution in [3.63, 3.8) is 0 Å². The van der Waals surface area contributed by atoms with E-state index in [1.165, 1.54) is 4.90 Å². The molecule has 2 aromatic carbocycles. The Hall–Kier alpha value is -2.59. The second kappa shape index (κ2) is 7.61. The number of thioether (sulfide) groups is 1. The first kappa shape index (κ1) is 15.3. The Morgan fingerprint density at radius 2 is 1.65 bits per heavy atom. The quantitative estimate of drug-likeness (QED) is 0.697. The Balaban J connectivity index is 1.72. The highest BCUT2D eigenvalue weighted by molar-refractivity contribution is 7.98. The molecule has 0 saturated heterocycles. The van der Waals surface area contributed by atoms with Gasteiger partial charge in [-0.2, -0.15) is 0 Å². The summed E-state index contributed by atoms with van der Waals surface area (Å²) in [5.41, 5.74) is 2.33. The molecule has 0 aliphatic rings. The molecule has 3 nitrogen and oxygen atoms in total. The van der Waals surface area contributed by atoms with Gasteiger partial charge in [-0.1, -0.05) is 42.5 Å². The summed E-state index contributed by atoms with van der Waals surface area (Å²) in [6.45, 7) is 0. The minimum atomic E-state index is -0.192. The molecule has 1 N–H and O–H groups in total. The molecule has 0 unspecified atom stereocenters. The Morgan fingerprint density at radius 1 is 0.913 bits per heavy atom. The second-order valence-electron chi connectivity index (χ2n) is 4.93. The van der Waals surface area contributed by atoms with Crippen LogP contribution in [-0.2, 0) is 5.75 Å². The van der Waals surface area contributed by atoms with Crippen LogP contribution < -0.4 is 5.32 Å². The van der Waals surface area contributed by atoms with Crippen molar-refractivity contribution in [2.75, 3.05) is 5.32 Å². The van der Waals surface area contributed by atoms with Gasteiger partial charge in [0.05, 0.1) is 0 Å². The molecule has 0 fully saturated rings. The van der Waals surface area contributed by atoms with Crippen molar-refractivity contribution in [3.8, 4) is 0 Å². The smallest absolute Gasteiger partial charge is 0.274 e. The summed E-state index contributed by atoms with van der Waals surface area (Å²) in [5, 5.41) is 2.95. The van der Waals surface area contributed by atoms with Crippen LogP contribution >= 0.6 is 11.8 Å². The van der Waals surface area contributed by atoms with E-state index in [9.17, 15) is 4.79 Å². The van der Waals surface area contributed by atoms with E-state index in [2.05, 4.69) is 22.4 Å². The van der Waals surface area contributed by atoms with E-state index in [0.717, 1.165) is 17.0 Å². The van der Waals surface area contributed by atoms with Gasteiger partial charge >= 0.3 is 0 Å². The number of pyridine rings is 1. The fraction of sp³-hybridized carbons (Fsp3) is 0.0526. The summed E-state index contributed by atoms with van der Waals surface area (Å²) in [5.74, 6) is 0.602. The Bertz CT molecular complexity index is 776. The third-order valence-corrected chi connectivity index (χ3v) is 4.36. The first-order chi connectivity index (χ1) is 11.3. The van der Waals surface area contributed by atoms with Crippen LogP contribution in [0.15, 0.2) is 83.9 Å². The lowest BCUT2D eigenvalue weighted by Crippen LogP contribution is -2.14. The largest absolute Gasteiger partial charge is 0.320 e. The fourth-order valence-corrected chi connectivity index (χ4v) is 3.05. The van der Waals surface area contributed by atoms with Crippen molar-refractivity contribution in [3.05, 3.63) is 90.3 Å². The van der Waals surface area contributed by atoms with E-state index in [4.69, 9.17) is 0 Å². The normalized spacial score (nSPS) is 10.3. The molecule has 0 bridgehead atoms. The predicted octanol–water partition coefficient (Wildman–Crippen LogP) is 4.63. The number of benzene rings is 2. The number of carbonyl (C=O) groups is 1. The molecule has 1 heterocycles. The highest BCUT2D eigenvalue weighted by Gasteiger charge is 2.09. The van der Waals surface area contributed by atoms with Crippen LogP contribution in [0.2, 0.25) is 0 Å². The van der Waals surface area contributed by atoms with E-state index in [-0.39, 0.29) is 5.91 Å². The van der Waals surface area contributed by atoms with Crippen LogP contribution in [0.5, 0.6) is 0 Å². The highest BCUT2D eigenvalue weighted by Crippen LogP contribution is 2.26. The average molecular weight is 320 g/mol. The summed E-state index contributed by atoms with van der Waals surface area (Å²) >= 11 is 1.74. The van der Waals surface area contributed by atoms with Crippen LogP contribution in [0, 0.1) is 0 Å².